The Kier molecular flexibility index (Phi) is 5.30. The molecule has 0 radical (unpaired) electrons. The van der Waals surface area contributed by atoms with Crippen molar-refractivity contribution in [2.75, 3.05) is 7.11 Å². The number of aromatic hydroxyl groups is 1. The second-order valence-corrected chi connectivity index (χ2v) is 4.93. The van der Waals surface area contributed by atoms with E-state index in [1.54, 1.807) is 0 Å². The standard InChI is InChI=1S/C17H16FNO4/c1-23-17(22)15(9-11-5-7-13(18)8-6-11)19-16(21)12-3-2-4-14(20)10-12/h2-8,10,15,20H,9H2,1H3,(H,19,21)/t15-/m1/s1. The molecule has 2 aromatic rings. The van der Waals surface area contributed by atoms with Gasteiger partial charge in [-0.2, -0.15) is 0 Å². The van der Waals surface area contributed by atoms with Gasteiger partial charge in [-0.3, -0.25) is 4.79 Å². The monoisotopic (exact) mass is 317 g/mol. The van der Waals surface area contributed by atoms with Gasteiger partial charge < -0.3 is 15.2 Å². The number of halogens is 1. The first kappa shape index (κ1) is 16.5. The molecular formula is C17H16FNO4. The molecule has 0 saturated carbocycles. The second kappa shape index (κ2) is 7.40. The summed E-state index contributed by atoms with van der Waals surface area (Å²) >= 11 is 0. The van der Waals surface area contributed by atoms with Crippen molar-refractivity contribution in [1.82, 2.24) is 5.32 Å². The van der Waals surface area contributed by atoms with Crippen LogP contribution in [-0.2, 0) is 16.0 Å². The molecule has 1 atom stereocenters. The Balaban J connectivity index is 2.13. The Morgan fingerprint density at radius 3 is 2.52 bits per heavy atom. The van der Waals surface area contributed by atoms with Gasteiger partial charge in [-0.15, -0.1) is 0 Å². The van der Waals surface area contributed by atoms with Gasteiger partial charge >= 0.3 is 5.97 Å². The molecule has 23 heavy (non-hydrogen) atoms. The Labute approximate surface area is 132 Å². The molecule has 5 nitrogen and oxygen atoms in total. The lowest BCUT2D eigenvalue weighted by Crippen LogP contribution is -2.43. The molecule has 0 aliphatic rings. The van der Waals surface area contributed by atoms with Crippen LogP contribution in [0, 0.1) is 5.82 Å². The molecule has 0 saturated heterocycles. The SMILES string of the molecule is COC(=O)[C@@H](Cc1ccc(F)cc1)NC(=O)c1cccc(O)c1. The highest BCUT2D eigenvalue weighted by Crippen LogP contribution is 2.12. The maximum Gasteiger partial charge on any atom is 0.328 e. The fraction of sp³-hybridized carbons (Fsp3) is 0.176. The lowest BCUT2D eigenvalue weighted by Gasteiger charge is -2.16. The Morgan fingerprint density at radius 1 is 1.22 bits per heavy atom. The van der Waals surface area contributed by atoms with Crippen LogP contribution in [0.3, 0.4) is 0 Å². The van der Waals surface area contributed by atoms with Crippen molar-refractivity contribution in [1.29, 1.82) is 0 Å². The van der Waals surface area contributed by atoms with Gasteiger partial charge in [0.2, 0.25) is 0 Å². The highest BCUT2D eigenvalue weighted by atomic mass is 19.1. The molecule has 0 bridgehead atoms. The van der Waals surface area contributed by atoms with Crippen LogP contribution in [0.1, 0.15) is 15.9 Å². The molecule has 0 heterocycles. The number of phenolic OH excluding ortho intramolecular Hbond substituents is 1. The quantitative estimate of drug-likeness (QED) is 0.828. The largest absolute Gasteiger partial charge is 0.508 e. The van der Waals surface area contributed by atoms with Crippen LogP contribution in [0.25, 0.3) is 0 Å². The van der Waals surface area contributed by atoms with E-state index in [0.29, 0.717) is 5.56 Å². The number of rotatable bonds is 5. The summed E-state index contributed by atoms with van der Waals surface area (Å²) in [6.07, 6.45) is 0.164. The summed E-state index contributed by atoms with van der Waals surface area (Å²) in [6, 6.07) is 10.5. The molecule has 1 amide bonds. The maximum atomic E-state index is 12.9. The van der Waals surface area contributed by atoms with Crippen molar-refractivity contribution in [3.63, 3.8) is 0 Å². The summed E-state index contributed by atoms with van der Waals surface area (Å²) in [5.41, 5.74) is 0.899. The van der Waals surface area contributed by atoms with Crippen LogP contribution in [0.2, 0.25) is 0 Å². The minimum Gasteiger partial charge on any atom is -0.508 e. The van der Waals surface area contributed by atoms with E-state index in [0.717, 1.165) is 0 Å². The third-order valence-corrected chi connectivity index (χ3v) is 3.25. The van der Waals surface area contributed by atoms with Gasteiger partial charge in [-0.05, 0) is 35.9 Å². The number of methoxy groups -OCH3 is 1. The van der Waals surface area contributed by atoms with E-state index in [9.17, 15) is 19.1 Å². The summed E-state index contributed by atoms with van der Waals surface area (Å²) in [5.74, 6) is -1.56. The molecule has 2 rings (SSSR count). The van der Waals surface area contributed by atoms with Crippen LogP contribution in [0.5, 0.6) is 5.75 Å². The third-order valence-electron chi connectivity index (χ3n) is 3.25. The average Bonchev–Trinajstić information content (AvgIpc) is 2.55. The first-order valence-corrected chi connectivity index (χ1v) is 6.92. The fourth-order valence-corrected chi connectivity index (χ4v) is 2.08. The fourth-order valence-electron chi connectivity index (χ4n) is 2.08. The van der Waals surface area contributed by atoms with E-state index in [-0.39, 0.29) is 23.6 Å². The van der Waals surface area contributed by atoms with Gasteiger partial charge in [0.25, 0.3) is 5.91 Å². The number of nitrogens with one attached hydrogen (secondary N) is 1. The third kappa shape index (κ3) is 4.54. The van der Waals surface area contributed by atoms with Crippen molar-refractivity contribution in [2.45, 2.75) is 12.5 Å². The van der Waals surface area contributed by atoms with Crippen LogP contribution in [0.15, 0.2) is 48.5 Å². The van der Waals surface area contributed by atoms with Crippen molar-refractivity contribution in [2.24, 2.45) is 0 Å². The zero-order valence-corrected chi connectivity index (χ0v) is 12.5. The molecule has 0 aromatic heterocycles. The van der Waals surface area contributed by atoms with Gasteiger partial charge in [-0.1, -0.05) is 18.2 Å². The number of phenols is 1. The molecule has 0 fully saturated rings. The Bertz CT molecular complexity index is 700. The molecule has 2 aromatic carbocycles. The van der Waals surface area contributed by atoms with E-state index >= 15 is 0 Å². The minimum absolute atomic E-state index is 0.0502. The van der Waals surface area contributed by atoms with Crippen LogP contribution < -0.4 is 5.32 Å². The first-order valence-electron chi connectivity index (χ1n) is 6.92. The van der Waals surface area contributed by atoms with Crippen molar-refractivity contribution >= 4 is 11.9 Å². The highest BCUT2D eigenvalue weighted by molar-refractivity contribution is 5.97. The van der Waals surface area contributed by atoms with E-state index in [2.05, 4.69) is 5.32 Å². The topological polar surface area (TPSA) is 75.6 Å². The zero-order chi connectivity index (χ0) is 16.8. The molecule has 0 unspecified atom stereocenters. The smallest absolute Gasteiger partial charge is 0.328 e. The molecule has 2 N–H and O–H groups in total. The summed E-state index contributed by atoms with van der Waals surface area (Å²) in [6.45, 7) is 0. The van der Waals surface area contributed by atoms with E-state index in [1.165, 1.54) is 55.6 Å². The normalized spacial score (nSPS) is 11.6. The van der Waals surface area contributed by atoms with Crippen molar-refractivity contribution < 1.29 is 23.8 Å². The van der Waals surface area contributed by atoms with Gasteiger partial charge in [-0.25, -0.2) is 9.18 Å². The summed E-state index contributed by atoms with van der Waals surface area (Å²) in [4.78, 5) is 24.0. The van der Waals surface area contributed by atoms with Gasteiger partial charge in [0.05, 0.1) is 7.11 Å². The molecule has 0 spiro atoms. The number of benzene rings is 2. The predicted octanol–water partition coefficient (Wildman–Crippen LogP) is 2.05. The Hall–Kier alpha value is -2.89. The molecule has 6 heteroatoms. The van der Waals surface area contributed by atoms with Crippen LogP contribution in [0.4, 0.5) is 4.39 Å². The van der Waals surface area contributed by atoms with E-state index in [4.69, 9.17) is 4.74 Å². The summed E-state index contributed by atoms with van der Waals surface area (Å²) < 4.78 is 17.6. The summed E-state index contributed by atoms with van der Waals surface area (Å²) in [7, 11) is 1.22. The number of amides is 1. The molecule has 0 aliphatic heterocycles. The second-order valence-electron chi connectivity index (χ2n) is 4.93. The average molecular weight is 317 g/mol. The minimum atomic E-state index is -0.916. The van der Waals surface area contributed by atoms with E-state index in [1.807, 2.05) is 0 Å². The molecular weight excluding hydrogens is 301 g/mol. The van der Waals surface area contributed by atoms with Crippen molar-refractivity contribution in [3.05, 3.63) is 65.5 Å². The highest BCUT2D eigenvalue weighted by Gasteiger charge is 2.22. The van der Waals surface area contributed by atoms with Gasteiger partial charge in [0, 0.05) is 12.0 Å². The number of hydrogen-bond acceptors (Lipinski definition) is 4. The number of carbonyl (C=O) groups excluding carboxylic acids is 2. The maximum absolute atomic E-state index is 12.9. The summed E-state index contributed by atoms with van der Waals surface area (Å²) in [5, 5.41) is 12.0. The Morgan fingerprint density at radius 2 is 1.91 bits per heavy atom. The number of hydrogen-bond donors (Lipinski definition) is 2. The molecule has 120 valence electrons. The number of esters is 1. The number of carbonyl (C=O) groups is 2. The lowest BCUT2D eigenvalue weighted by atomic mass is 10.1. The van der Waals surface area contributed by atoms with E-state index < -0.39 is 17.9 Å². The first-order chi connectivity index (χ1) is 11.0. The van der Waals surface area contributed by atoms with Gasteiger partial charge in [0.15, 0.2) is 0 Å². The van der Waals surface area contributed by atoms with Crippen molar-refractivity contribution in [3.8, 4) is 5.75 Å². The predicted molar refractivity (Wildman–Crippen MR) is 81.5 cm³/mol. The van der Waals surface area contributed by atoms with Gasteiger partial charge in [0.1, 0.15) is 17.6 Å². The zero-order valence-electron chi connectivity index (χ0n) is 12.5. The lowest BCUT2D eigenvalue weighted by molar-refractivity contribution is -0.142. The molecule has 0 aliphatic carbocycles. The van der Waals surface area contributed by atoms with Crippen LogP contribution in [-0.4, -0.2) is 30.1 Å². The number of ether oxygens (including phenoxy) is 1. The van der Waals surface area contributed by atoms with Crippen LogP contribution >= 0.6 is 0 Å².